The minimum atomic E-state index is -0.823. The van der Waals surface area contributed by atoms with E-state index in [9.17, 15) is 14.7 Å². The molecule has 1 heterocycles. The van der Waals surface area contributed by atoms with Gasteiger partial charge >= 0.3 is 0 Å². The summed E-state index contributed by atoms with van der Waals surface area (Å²) in [6.45, 7) is 9.79. The summed E-state index contributed by atoms with van der Waals surface area (Å²) in [4.78, 5) is 29.5. The zero-order chi connectivity index (χ0) is 24.7. The van der Waals surface area contributed by atoms with Gasteiger partial charge in [0.05, 0.1) is 23.8 Å². The molecule has 0 spiro atoms. The molecule has 4 aliphatic rings. The fourth-order valence-electron chi connectivity index (χ4n) is 6.06. The van der Waals surface area contributed by atoms with Crippen molar-refractivity contribution in [3.63, 3.8) is 0 Å². The highest BCUT2D eigenvalue weighted by atomic mass is 16.5. The molecular formula is C26H38N4O4. The molecule has 0 saturated heterocycles. The molecule has 4 saturated carbocycles. The van der Waals surface area contributed by atoms with E-state index in [1.807, 2.05) is 13.8 Å². The van der Waals surface area contributed by atoms with Crippen LogP contribution in [-0.4, -0.2) is 51.2 Å². The van der Waals surface area contributed by atoms with Crippen molar-refractivity contribution in [1.82, 2.24) is 15.1 Å². The van der Waals surface area contributed by atoms with Crippen molar-refractivity contribution in [3.05, 3.63) is 17.8 Å². The lowest BCUT2D eigenvalue weighted by Gasteiger charge is -2.58. The predicted molar refractivity (Wildman–Crippen MR) is 131 cm³/mol. The number of carbonyl (C=O) groups excluding carboxylic acids is 2. The Morgan fingerprint density at radius 1 is 1.32 bits per heavy atom. The number of aliphatic imine (C=N–C) groups is 1. The number of nitrogens with one attached hydrogen (secondary N) is 1. The molecule has 4 aliphatic carbocycles. The molecule has 1 aromatic rings. The van der Waals surface area contributed by atoms with Gasteiger partial charge in [0.1, 0.15) is 5.56 Å². The number of rotatable bonds is 8. The minimum absolute atomic E-state index is 0.0737. The van der Waals surface area contributed by atoms with E-state index in [0.717, 1.165) is 32.1 Å². The Morgan fingerprint density at radius 3 is 2.59 bits per heavy atom. The van der Waals surface area contributed by atoms with Crippen molar-refractivity contribution >= 4 is 24.2 Å². The van der Waals surface area contributed by atoms with E-state index in [2.05, 4.69) is 15.4 Å². The maximum atomic E-state index is 13.4. The molecule has 2 N–H and O–H groups in total. The molecule has 8 heteroatoms. The fraction of sp³-hybridized carbons (Fsp3) is 0.692. The van der Waals surface area contributed by atoms with Gasteiger partial charge in [-0.1, -0.05) is 19.9 Å². The standard InChI is InChI=1S/C26H38N4O4/c1-6-27-24(32)25(4,5)7-8-30-23(34-15-16(2)3)20(14-28-30)22(31)29-21-18-9-17-10-19(21)13-26(33,11-17)12-18/h6-8,14,16-19,21,33H,9-13,15H2,1-5H3,(H,29,31)/b8-7+,27-6?. The Morgan fingerprint density at radius 2 is 2.00 bits per heavy atom. The zero-order valence-corrected chi connectivity index (χ0v) is 21.0. The first-order valence-electron chi connectivity index (χ1n) is 12.5. The van der Waals surface area contributed by atoms with Crippen molar-refractivity contribution < 1.29 is 19.4 Å². The van der Waals surface area contributed by atoms with E-state index in [-0.39, 0.29) is 23.8 Å². The summed E-state index contributed by atoms with van der Waals surface area (Å²) in [5.74, 6) is 1.40. The highest BCUT2D eigenvalue weighted by molar-refractivity contribution is 5.96. The van der Waals surface area contributed by atoms with E-state index in [4.69, 9.17) is 4.74 Å². The van der Waals surface area contributed by atoms with E-state index >= 15 is 0 Å². The smallest absolute Gasteiger partial charge is 0.258 e. The molecule has 5 rings (SSSR count). The van der Waals surface area contributed by atoms with Crippen molar-refractivity contribution in [2.75, 3.05) is 6.61 Å². The second-order valence-corrected chi connectivity index (χ2v) is 11.4. The normalized spacial score (nSPS) is 30.6. The van der Waals surface area contributed by atoms with Gasteiger partial charge in [-0.2, -0.15) is 5.10 Å². The molecule has 2 amide bonds. The van der Waals surface area contributed by atoms with E-state index in [1.165, 1.54) is 17.1 Å². The molecule has 2 atom stereocenters. The minimum Gasteiger partial charge on any atom is -0.477 e. The van der Waals surface area contributed by atoms with Crippen LogP contribution >= 0.6 is 0 Å². The maximum Gasteiger partial charge on any atom is 0.258 e. The third kappa shape index (κ3) is 4.97. The topological polar surface area (TPSA) is 106 Å². The second-order valence-electron chi connectivity index (χ2n) is 11.4. The number of amides is 2. The molecule has 1 aromatic heterocycles. The van der Waals surface area contributed by atoms with Crippen molar-refractivity contribution in [1.29, 1.82) is 0 Å². The van der Waals surface area contributed by atoms with Crippen molar-refractivity contribution in [2.45, 2.75) is 78.4 Å². The van der Waals surface area contributed by atoms with Gasteiger partial charge in [0, 0.05) is 18.5 Å². The molecule has 4 bridgehead atoms. The Hall–Kier alpha value is -2.48. The number of hydrogen-bond acceptors (Lipinski definition) is 5. The molecule has 8 nitrogen and oxygen atoms in total. The van der Waals surface area contributed by atoms with Crippen LogP contribution in [0.15, 0.2) is 17.3 Å². The van der Waals surface area contributed by atoms with Crippen LogP contribution < -0.4 is 10.1 Å². The summed E-state index contributed by atoms with van der Waals surface area (Å²) in [6, 6.07) is 0.0737. The Labute approximate surface area is 201 Å². The lowest BCUT2D eigenvalue weighted by atomic mass is 9.52. The van der Waals surface area contributed by atoms with E-state index in [0.29, 0.717) is 35.8 Å². The quantitative estimate of drug-likeness (QED) is 0.564. The van der Waals surface area contributed by atoms with Gasteiger partial charge < -0.3 is 15.2 Å². The monoisotopic (exact) mass is 470 g/mol. The lowest BCUT2D eigenvalue weighted by molar-refractivity contribution is -0.137. The highest BCUT2D eigenvalue weighted by Gasteiger charge is 2.55. The van der Waals surface area contributed by atoms with Crippen molar-refractivity contribution in [2.24, 2.45) is 34.1 Å². The lowest BCUT2D eigenvalue weighted by Crippen LogP contribution is -2.61. The van der Waals surface area contributed by atoms with E-state index < -0.39 is 11.0 Å². The van der Waals surface area contributed by atoms with Gasteiger partial charge in [-0.15, -0.1) is 0 Å². The largest absolute Gasteiger partial charge is 0.477 e. The average molecular weight is 471 g/mol. The number of aromatic nitrogens is 2. The van der Waals surface area contributed by atoms with Crippen LogP contribution in [0, 0.1) is 29.1 Å². The SMILES string of the molecule is CC=NC(=O)C(C)(C)/C=C/n1ncc(C(=O)NC2C3CC4CC2CC(O)(C4)C3)c1OCC(C)C. The first kappa shape index (κ1) is 24.6. The van der Waals surface area contributed by atoms with Crippen LogP contribution in [0.3, 0.4) is 0 Å². The predicted octanol–water partition coefficient (Wildman–Crippen LogP) is 3.70. The van der Waals surface area contributed by atoms with Gasteiger partial charge in [0.15, 0.2) is 0 Å². The van der Waals surface area contributed by atoms with Crippen LogP contribution in [0.4, 0.5) is 0 Å². The molecule has 0 aromatic carbocycles. The summed E-state index contributed by atoms with van der Waals surface area (Å²) < 4.78 is 7.54. The van der Waals surface area contributed by atoms with E-state index in [1.54, 1.807) is 33.0 Å². The van der Waals surface area contributed by atoms with Gasteiger partial charge in [0.2, 0.25) is 5.88 Å². The Balaban J connectivity index is 1.54. The van der Waals surface area contributed by atoms with Crippen LogP contribution in [0.5, 0.6) is 5.88 Å². The van der Waals surface area contributed by atoms with Gasteiger partial charge in [-0.3, -0.25) is 9.59 Å². The molecule has 34 heavy (non-hydrogen) atoms. The van der Waals surface area contributed by atoms with Gasteiger partial charge in [0.25, 0.3) is 11.8 Å². The summed E-state index contributed by atoms with van der Waals surface area (Å²) in [7, 11) is 0. The third-order valence-corrected chi connectivity index (χ3v) is 7.52. The summed E-state index contributed by atoms with van der Waals surface area (Å²) >= 11 is 0. The third-order valence-electron chi connectivity index (χ3n) is 7.52. The molecule has 0 radical (unpaired) electrons. The molecule has 0 aliphatic heterocycles. The molecule has 2 unspecified atom stereocenters. The second kappa shape index (κ2) is 9.29. The number of carbonyl (C=O) groups is 2. The molecule has 186 valence electrons. The Bertz CT molecular complexity index is 977. The zero-order valence-electron chi connectivity index (χ0n) is 21.0. The summed E-state index contributed by atoms with van der Waals surface area (Å²) in [6.07, 6.45) is 11.0. The first-order chi connectivity index (χ1) is 16.0. The number of nitrogens with zero attached hydrogens (tertiary/aromatic N) is 3. The summed E-state index contributed by atoms with van der Waals surface area (Å²) in [5.41, 5.74) is -0.976. The van der Waals surface area contributed by atoms with Crippen LogP contribution in [0.25, 0.3) is 6.20 Å². The van der Waals surface area contributed by atoms with Crippen LogP contribution in [0.1, 0.15) is 77.1 Å². The van der Waals surface area contributed by atoms with Crippen LogP contribution in [0.2, 0.25) is 0 Å². The fourth-order valence-corrected chi connectivity index (χ4v) is 6.06. The maximum absolute atomic E-state index is 13.4. The van der Waals surface area contributed by atoms with Crippen molar-refractivity contribution in [3.8, 4) is 5.88 Å². The molecule has 4 fully saturated rings. The highest BCUT2D eigenvalue weighted by Crippen LogP contribution is 2.55. The summed E-state index contributed by atoms with van der Waals surface area (Å²) in [5, 5.41) is 18.5. The van der Waals surface area contributed by atoms with Gasteiger partial charge in [-0.25, -0.2) is 9.67 Å². The van der Waals surface area contributed by atoms with Gasteiger partial charge in [-0.05, 0) is 76.5 Å². The first-order valence-corrected chi connectivity index (χ1v) is 12.5. The Kier molecular flexibility index (Phi) is 6.73. The average Bonchev–Trinajstić information content (AvgIpc) is 3.15. The number of hydrogen-bond donors (Lipinski definition) is 2. The molecular weight excluding hydrogens is 432 g/mol. The number of ether oxygens (including phenoxy) is 1. The van der Waals surface area contributed by atoms with Crippen LogP contribution in [-0.2, 0) is 4.79 Å². The number of aliphatic hydroxyl groups is 1.